The van der Waals surface area contributed by atoms with Crippen LogP contribution in [0.1, 0.15) is 27.2 Å². The van der Waals surface area contributed by atoms with Gasteiger partial charge in [-0.15, -0.1) is 0 Å². The van der Waals surface area contributed by atoms with Crippen molar-refractivity contribution in [3.8, 4) is 11.3 Å². The van der Waals surface area contributed by atoms with Crippen LogP contribution in [0.15, 0.2) is 72.0 Å². The Balaban J connectivity index is 1.25. The van der Waals surface area contributed by atoms with Crippen LogP contribution in [0.5, 0.6) is 0 Å². The number of fused-ring (bicyclic) bond motifs is 1. The molecule has 0 saturated carbocycles. The number of para-hydroxylation sites is 1. The first-order valence-corrected chi connectivity index (χ1v) is 10.3. The number of rotatable bonds is 4. The number of carbonyl (C=O) groups is 1. The second kappa shape index (κ2) is 6.95. The topological polar surface area (TPSA) is 85.9 Å². The van der Waals surface area contributed by atoms with Crippen molar-refractivity contribution in [2.75, 3.05) is 0 Å². The van der Waals surface area contributed by atoms with Crippen molar-refractivity contribution in [3.05, 3.63) is 89.2 Å². The van der Waals surface area contributed by atoms with E-state index in [1.54, 1.807) is 12.3 Å². The number of aromatic amines is 2. The Labute approximate surface area is 178 Å². The lowest BCUT2D eigenvalue weighted by atomic mass is 9.98. The summed E-state index contributed by atoms with van der Waals surface area (Å²) in [5, 5.41) is 14.9. The SMILES string of the molecule is O=C(NN=Cc1c[nH]c2ccccc12)c1cc(-c2ccc3c4c(cccc24)CC3)n[nH]1. The minimum absolute atomic E-state index is 0.333. The molecule has 6 nitrogen and oxygen atoms in total. The van der Waals surface area contributed by atoms with E-state index in [9.17, 15) is 4.79 Å². The number of aryl methyl sites for hydroxylation is 2. The van der Waals surface area contributed by atoms with Gasteiger partial charge in [-0.3, -0.25) is 9.89 Å². The molecule has 0 saturated heterocycles. The van der Waals surface area contributed by atoms with Crippen molar-refractivity contribution in [2.24, 2.45) is 5.10 Å². The Kier molecular flexibility index (Phi) is 3.96. The van der Waals surface area contributed by atoms with Gasteiger partial charge in [0.25, 0.3) is 5.91 Å². The number of aromatic nitrogens is 3. The molecule has 31 heavy (non-hydrogen) atoms. The minimum Gasteiger partial charge on any atom is -0.361 e. The number of carbonyl (C=O) groups excluding carboxylic acids is 1. The molecule has 3 N–H and O–H groups in total. The van der Waals surface area contributed by atoms with Gasteiger partial charge in [0.05, 0.1) is 11.9 Å². The summed E-state index contributed by atoms with van der Waals surface area (Å²) in [4.78, 5) is 15.7. The van der Waals surface area contributed by atoms with Crippen molar-refractivity contribution in [1.29, 1.82) is 0 Å². The lowest BCUT2D eigenvalue weighted by Crippen LogP contribution is -2.17. The number of H-pyrrole nitrogens is 2. The van der Waals surface area contributed by atoms with Crippen molar-refractivity contribution >= 4 is 33.8 Å². The number of hydrazone groups is 1. The van der Waals surface area contributed by atoms with E-state index in [0.717, 1.165) is 40.6 Å². The summed E-state index contributed by atoms with van der Waals surface area (Å²) < 4.78 is 0. The first-order valence-electron chi connectivity index (χ1n) is 10.3. The Morgan fingerprint density at radius 1 is 1.00 bits per heavy atom. The van der Waals surface area contributed by atoms with Gasteiger partial charge in [0.2, 0.25) is 0 Å². The Hall–Kier alpha value is -4.19. The summed E-state index contributed by atoms with van der Waals surface area (Å²) >= 11 is 0. The lowest BCUT2D eigenvalue weighted by Gasteiger charge is -2.06. The van der Waals surface area contributed by atoms with Crippen molar-refractivity contribution < 1.29 is 4.79 Å². The maximum absolute atomic E-state index is 12.6. The zero-order valence-electron chi connectivity index (χ0n) is 16.6. The van der Waals surface area contributed by atoms with E-state index in [2.05, 4.69) is 56.0 Å². The molecule has 0 atom stereocenters. The van der Waals surface area contributed by atoms with E-state index in [-0.39, 0.29) is 5.91 Å². The second-order valence-corrected chi connectivity index (χ2v) is 7.77. The number of nitrogens with zero attached hydrogens (tertiary/aromatic N) is 2. The van der Waals surface area contributed by atoms with Crippen LogP contribution in [-0.2, 0) is 12.8 Å². The van der Waals surface area contributed by atoms with Gasteiger partial charge < -0.3 is 4.98 Å². The Morgan fingerprint density at radius 3 is 2.77 bits per heavy atom. The van der Waals surface area contributed by atoms with Crippen LogP contribution in [-0.4, -0.2) is 27.3 Å². The molecule has 6 heteroatoms. The van der Waals surface area contributed by atoms with Gasteiger partial charge in [0.15, 0.2) is 0 Å². The average Bonchev–Trinajstić information content (AvgIpc) is 3.54. The van der Waals surface area contributed by atoms with Gasteiger partial charge in [0.1, 0.15) is 5.69 Å². The van der Waals surface area contributed by atoms with Crippen LogP contribution in [0.3, 0.4) is 0 Å². The fourth-order valence-corrected chi connectivity index (χ4v) is 4.47. The predicted octanol–water partition coefficient (Wildman–Crippen LogP) is 4.57. The summed E-state index contributed by atoms with van der Waals surface area (Å²) in [5.41, 5.74) is 9.43. The number of hydrogen-bond donors (Lipinski definition) is 3. The fourth-order valence-electron chi connectivity index (χ4n) is 4.47. The van der Waals surface area contributed by atoms with Crippen LogP contribution in [0.4, 0.5) is 0 Å². The van der Waals surface area contributed by atoms with E-state index in [4.69, 9.17) is 0 Å². The van der Waals surface area contributed by atoms with E-state index >= 15 is 0 Å². The summed E-state index contributed by atoms with van der Waals surface area (Å²) in [6.45, 7) is 0. The van der Waals surface area contributed by atoms with E-state index in [1.165, 1.54) is 21.9 Å². The molecule has 1 aliphatic rings. The van der Waals surface area contributed by atoms with Gasteiger partial charge in [-0.05, 0) is 46.9 Å². The smallest absolute Gasteiger partial charge is 0.289 e. The highest BCUT2D eigenvalue weighted by molar-refractivity contribution is 6.02. The molecule has 2 aromatic heterocycles. The maximum Gasteiger partial charge on any atom is 0.289 e. The Bertz CT molecular complexity index is 1480. The number of amides is 1. The third-order valence-electron chi connectivity index (χ3n) is 5.97. The van der Waals surface area contributed by atoms with Gasteiger partial charge in [-0.1, -0.05) is 48.5 Å². The van der Waals surface area contributed by atoms with Gasteiger partial charge >= 0.3 is 0 Å². The lowest BCUT2D eigenvalue weighted by molar-refractivity contribution is 0.0950. The van der Waals surface area contributed by atoms with Crippen LogP contribution < -0.4 is 5.43 Å². The summed E-state index contributed by atoms with van der Waals surface area (Å²) in [5.74, 6) is -0.333. The molecule has 0 spiro atoms. The first-order chi connectivity index (χ1) is 15.3. The fraction of sp³-hybridized carbons (Fsp3) is 0.0800. The number of nitrogens with one attached hydrogen (secondary N) is 3. The third kappa shape index (κ3) is 2.92. The molecule has 0 bridgehead atoms. The monoisotopic (exact) mass is 405 g/mol. The van der Waals surface area contributed by atoms with Crippen molar-refractivity contribution in [3.63, 3.8) is 0 Å². The number of benzene rings is 3. The molecule has 0 fully saturated rings. The molecule has 1 amide bonds. The molecule has 6 rings (SSSR count). The van der Waals surface area contributed by atoms with Crippen LogP contribution >= 0.6 is 0 Å². The quantitative estimate of drug-likeness (QED) is 0.302. The van der Waals surface area contributed by atoms with Crippen molar-refractivity contribution in [2.45, 2.75) is 12.8 Å². The predicted molar refractivity (Wildman–Crippen MR) is 122 cm³/mol. The van der Waals surface area contributed by atoms with Gasteiger partial charge in [-0.25, -0.2) is 5.43 Å². The summed E-state index contributed by atoms with van der Waals surface area (Å²) in [6.07, 6.45) is 5.67. The Morgan fingerprint density at radius 2 is 1.84 bits per heavy atom. The molecule has 0 unspecified atom stereocenters. The number of hydrogen-bond acceptors (Lipinski definition) is 3. The molecule has 3 aromatic carbocycles. The standard InChI is InChI=1S/C25H19N5O/c31-25(30-27-14-17-13-26-21-7-2-1-5-18(17)21)23-12-22(28-29-23)19-11-10-16-9-8-15-4-3-6-20(19)24(15)16/h1-7,10-14,26H,8-9H2,(H,28,29)(H,30,31). The first kappa shape index (κ1) is 17.7. The molecule has 1 aliphatic carbocycles. The zero-order valence-corrected chi connectivity index (χ0v) is 16.6. The third-order valence-corrected chi connectivity index (χ3v) is 5.97. The molecular formula is C25H19N5O. The minimum atomic E-state index is -0.333. The highest BCUT2D eigenvalue weighted by Crippen LogP contribution is 2.36. The van der Waals surface area contributed by atoms with Crippen LogP contribution in [0.25, 0.3) is 32.9 Å². The average molecular weight is 405 g/mol. The maximum atomic E-state index is 12.6. The highest BCUT2D eigenvalue weighted by atomic mass is 16.2. The summed E-state index contributed by atoms with van der Waals surface area (Å²) in [7, 11) is 0. The molecule has 0 aliphatic heterocycles. The molecule has 0 radical (unpaired) electrons. The highest BCUT2D eigenvalue weighted by Gasteiger charge is 2.18. The van der Waals surface area contributed by atoms with Crippen LogP contribution in [0.2, 0.25) is 0 Å². The van der Waals surface area contributed by atoms with E-state index in [1.807, 2.05) is 30.5 Å². The van der Waals surface area contributed by atoms with Crippen LogP contribution in [0, 0.1) is 0 Å². The van der Waals surface area contributed by atoms with E-state index < -0.39 is 0 Å². The normalized spacial score (nSPS) is 12.9. The van der Waals surface area contributed by atoms with E-state index in [0.29, 0.717) is 5.69 Å². The zero-order chi connectivity index (χ0) is 20.8. The molecular weight excluding hydrogens is 386 g/mol. The van der Waals surface area contributed by atoms with Crippen molar-refractivity contribution in [1.82, 2.24) is 20.6 Å². The van der Waals surface area contributed by atoms with Gasteiger partial charge in [-0.2, -0.15) is 10.2 Å². The molecule has 5 aromatic rings. The van der Waals surface area contributed by atoms with Gasteiger partial charge in [0, 0.05) is 28.2 Å². The molecule has 2 heterocycles. The second-order valence-electron chi connectivity index (χ2n) is 7.77. The summed E-state index contributed by atoms with van der Waals surface area (Å²) in [6, 6.07) is 20.4. The molecule has 150 valence electrons. The largest absolute Gasteiger partial charge is 0.361 e.